The van der Waals surface area contributed by atoms with E-state index in [4.69, 9.17) is 9.47 Å². The minimum absolute atomic E-state index is 0.127. The predicted molar refractivity (Wildman–Crippen MR) is 116 cm³/mol. The maximum atomic E-state index is 12.6. The third-order valence-electron chi connectivity index (χ3n) is 5.78. The molecule has 1 aromatic carbocycles. The molecule has 0 spiro atoms. The van der Waals surface area contributed by atoms with Gasteiger partial charge in [-0.05, 0) is 12.8 Å². The molecule has 31 heavy (non-hydrogen) atoms. The van der Waals surface area contributed by atoms with E-state index in [1.165, 1.54) is 10.6 Å². The molecule has 2 heterocycles. The molecule has 1 saturated carbocycles. The van der Waals surface area contributed by atoms with Crippen molar-refractivity contribution in [2.24, 2.45) is 0 Å². The van der Waals surface area contributed by atoms with Crippen LogP contribution in [0.3, 0.4) is 0 Å². The first-order chi connectivity index (χ1) is 15.1. The number of aromatic amines is 1. The largest absolute Gasteiger partial charge is 0.383 e. The van der Waals surface area contributed by atoms with Gasteiger partial charge in [-0.3, -0.25) is 15.2 Å². The molecule has 1 atom stereocenters. The Morgan fingerprint density at radius 3 is 2.74 bits per heavy atom. The molecule has 1 fully saturated rings. The Bertz CT molecular complexity index is 1040. The maximum absolute atomic E-state index is 12.6. The van der Waals surface area contributed by atoms with Gasteiger partial charge in [0.2, 0.25) is 0 Å². The quantitative estimate of drug-likeness (QED) is 0.353. The zero-order valence-electron chi connectivity index (χ0n) is 17.7. The third-order valence-corrected chi connectivity index (χ3v) is 5.78. The van der Waals surface area contributed by atoms with Gasteiger partial charge in [0.15, 0.2) is 5.82 Å². The summed E-state index contributed by atoms with van der Waals surface area (Å²) in [7, 11) is 1.62. The number of benzene rings is 1. The van der Waals surface area contributed by atoms with Gasteiger partial charge in [-0.15, -0.1) is 0 Å². The highest BCUT2D eigenvalue weighted by atomic mass is 16.5. The van der Waals surface area contributed by atoms with Gasteiger partial charge in [0.05, 0.1) is 18.9 Å². The molecule has 1 unspecified atom stereocenters. The SMILES string of the molecule is COCCNC(O)C1(OCc2cc(=O)n3[nH]c(-c4ccccc4)nc3n2)CCCCC1. The number of aromatic nitrogens is 4. The molecule has 0 bridgehead atoms. The van der Waals surface area contributed by atoms with Crippen molar-refractivity contribution in [3.8, 4) is 11.4 Å². The molecule has 9 heteroatoms. The predicted octanol–water partition coefficient (Wildman–Crippen LogP) is 1.86. The standard InChI is InChI=1S/C22H29N5O4/c1-30-13-12-23-20(29)22(10-6-3-7-11-22)31-15-17-14-18(28)27-21(24-17)25-19(26-27)16-8-4-2-5-9-16/h2,4-5,8-9,14,20,23,29H,3,6-7,10-13,15H2,1H3,(H,24,25,26). The molecule has 3 aromatic rings. The number of aliphatic hydroxyl groups excluding tert-OH is 1. The summed E-state index contributed by atoms with van der Waals surface area (Å²) in [6, 6.07) is 11.0. The van der Waals surface area contributed by atoms with Crippen molar-refractivity contribution in [1.82, 2.24) is 24.9 Å². The molecule has 166 valence electrons. The van der Waals surface area contributed by atoms with E-state index in [1.807, 2.05) is 30.3 Å². The number of fused-ring (bicyclic) bond motifs is 1. The van der Waals surface area contributed by atoms with E-state index in [-0.39, 0.29) is 12.2 Å². The lowest BCUT2D eigenvalue weighted by Crippen LogP contribution is -2.54. The Morgan fingerprint density at radius 2 is 2.00 bits per heavy atom. The zero-order chi connectivity index (χ0) is 21.7. The van der Waals surface area contributed by atoms with Crippen molar-refractivity contribution in [2.45, 2.75) is 50.5 Å². The first kappa shape index (κ1) is 21.6. The Hall–Kier alpha value is -2.59. The van der Waals surface area contributed by atoms with E-state index < -0.39 is 11.8 Å². The van der Waals surface area contributed by atoms with Gasteiger partial charge in [0, 0.05) is 25.3 Å². The minimum Gasteiger partial charge on any atom is -0.383 e. The monoisotopic (exact) mass is 427 g/mol. The second-order valence-corrected chi connectivity index (χ2v) is 7.92. The van der Waals surface area contributed by atoms with Crippen LogP contribution in [0.2, 0.25) is 0 Å². The molecular weight excluding hydrogens is 398 g/mol. The third kappa shape index (κ3) is 4.85. The fourth-order valence-corrected chi connectivity index (χ4v) is 4.07. The lowest BCUT2D eigenvalue weighted by atomic mass is 9.83. The number of rotatable bonds is 9. The van der Waals surface area contributed by atoms with Crippen molar-refractivity contribution in [2.75, 3.05) is 20.3 Å². The molecule has 1 aliphatic rings. The Balaban J connectivity index is 1.53. The Morgan fingerprint density at radius 1 is 1.23 bits per heavy atom. The average molecular weight is 428 g/mol. The lowest BCUT2D eigenvalue weighted by molar-refractivity contribution is -0.161. The second kappa shape index (κ2) is 9.69. The summed E-state index contributed by atoms with van der Waals surface area (Å²) in [6.45, 7) is 1.16. The molecule has 0 amide bonds. The molecule has 3 N–H and O–H groups in total. The Labute approximate surface area is 180 Å². The van der Waals surface area contributed by atoms with Crippen LogP contribution in [-0.2, 0) is 16.1 Å². The van der Waals surface area contributed by atoms with E-state index in [0.29, 0.717) is 30.4 Å². The molecule has 9 nitrogen and oxygen atoms in total. The van der Waals surface area contributed by atoms with Crippen LogP contribution in [0.4, 0.5) is 0 Å². The molecule has 0 saturated heterocycles. The van der Waals surface area contributed by atoms with E-state index in [0.717, 1.165) is 37.7 Å². The number of hydrogen-bond donors (Lipinski definition) is 3. The van der Waals surface area contributed by atoms with Gasteiger partial charge in [-0.1, -0.05) is 49.6 Å². The van der Waals surface area contributed by atoms with Gasteiger partial charge in [0.1, 0.15) is 11.8 Å². The summed E-state index contributed by atoms with van der Waals surface area (Å²) in [6.07, 6.45) is 3.77. The molecule has 0 aliphatic heterocycles. The Kier molecular flexibility index (Phi) is 6.77. The number of nitrogens with zero attached hydrogens (tertiary/aromatic N) is 3. The summed E-state index contributed by atoms with van der Waals surface area (Å²) >= 11 is 0. The number of aliphatic hydroxyl groups is 1. The summed E-state index contributed by atoms with van der Waals surface area (Å²) in [5.41, 5.74) is 0.399. The highest BCUT2D eigenvalue weighted by Crippen LogP contribution is 2.34. The molecule has 2 aromatic heterocycles. The van der Waals surface area contributed by atoms with Gasteiger partial charge >= 0.3 is 0 Å². The number of ether oxygens (including phenoxy) is 2. The van der Waals surface area contributed by atoms with Crippen LogP contribution in [0.5, 0.6) is 0 Å². The number of methoxy groups -OCH3 is 1. The first-order valence-corrected chi connectivity index (χ1v) is 10.7. The van der Waals surface area contributed by atoms with Crippen LogP contribution in [-0.4, -0.2) is 56.8 Å². The number of nitrogens with one attached hydrogen (secondary N) is 2. The van der Waals surface area contributed by atoms with Crippen LogP contribution in [0.25, 0.3) is 17.2 Å². The first-order valence-electron chi connectivity index (χ1n) is 10.7. The van der Waals surface area contributed by atoms with Crippen LogP contribution in [0.15, 0.2) is 41.2 Å². The second-order valence-electron chi connectivity index (χ2n) is 7.92. The summed E-state index contributed by atoms with van der Waals surface area (Å²) in [5.74, 6) is 0.867. The van der Waals surface area contributed by atoms with Crippen molar-refractivity contribution >= 4 is 5.78 Å². The number of hydrogen-bond acceptors (Lipinski definition) is 7. The fraction of sp³-hybridized carbons (Fsp3) is 0.500. The smallest absolute Gasteiger partial charge is 0.274 e. The molecule has 4 rings (SSSR count). The van der Waals surface area contributed by atoms with Crippen LogP contribution >= 0.6 is 0 Å². The average Bonchev–Trinajstić information content (AvgIpc) is 3.24. The fourth-order valence-electron chi connectivity index (χ4n) is 4.07. The zero-order valence-corrected chi connectivity index (χ0v) is 17.7. The molecular formula is C22H29N5O4. The topological polar surface area (TPSA) is 114 Å². The minimum atomic E-state index is -0.817. The summed E-state index contributed by atoms with van der Waals surface area (Å²) < 4.78 is 12.6. The van der Waals surface area contributed by atoms with Crippen LogP contribution in [0.1, 0.15) is 37.8 Å². The molecule has 0 radical (unpaired) electrons. The van der Waals surface area contributed by atoms with E-state index in [1.54, 1.807) is 7.11 Å². The van der Waals surface area contributed by atoms with Crippen molar-refractivity contribution in [3.63, 3.8) is 0 Å². The van der Waals surface area contributed by atoms with Crippen molar-refractivity contribution in [1.29, 1.82) is 0 Å². The van der Waals surface area contributed by atoms with Gasteiger partial charge in [-0.25, -0.2) is 4.98 Å². The highest BCUT2D eigenvalue weighted by molar-refractivity contribution is 5.56. The van der Waals surface area contributed by atoms with Crippen LogP contribution < -0.4 is 10.9 Å². The number of H-pyrrole nitrogens is 1. The van der Waals surface area contributed by atoms with Crippen molar-refractivity contribution in [3.05, 3.63) is 52.4 Å². The normalized spacial score (nSPS) is 17.1. The molecule has 1 aliphatic carbocycles. The van der Waals surface area contributed by atoms with E-state index in [2.05, 4.69) is 20.4 Å². The van der Waals surface area contributed by atoms with E-state index >= 15 is 0 Å². The summed E-state index contributed by atoms with van der Waals surface area (Å²) in [5, 5.41) is 16.9. The highest BCUT2D eigenvalue weighted by Gasteiger charge is 2.40. The van der Waals surface area contributed by atoms with Gasteiger partial charge < -0.3 is 14.6 Å². The van der Waals surface area contributed by atoms with Gasteiger partial charge in [0.25, 0.3) is 11.3 Å². The van der Waals surface area contributed by atoms with E-state index in [9.17, 15) is 9.90 Å². The maximum Gasteiger partial charge on any atom is 0.274 e. The summed E-state index contributed by atoms with van der Waals surface area (Å²) in [4.78, 5) is 21.6. The van der Waals surface area contributed by atoms with Gasteiger partial charge in [-0.2, -0.15) is 9.50 Å². The lowest BCUT2D eigenvalue weighted by Gasteiger charge is -2.41. The van der Waals surface area contributed by atoms with Crippen molar-refractivity contribution < 1.29 is 14.6 Å². The van der Waals surface area contributed by atoms with Crippen LogP contribution in [0, 0.1) is 0 Å².